The van der Waals surface area contributed by atoms with Gasteiger partial charge in [-0.3, -0.25) is 4.57 Å². The first kappa shape index (κ1) is 35.0. The summed E-state index contributed by atoms with van der Waals surface area (Å²) in [6.45, 7) is 14.3. The molecule has 0 aliphatic carbocycles. The van der Waals surface area contributed by atoms with E-state index in [1.54, 1.807) is 70.9 Å². The van der Waals surface area contributed by atoms with Gasteiger partial charge >= 0.3 is 18.2 Å². The number of carbonyl (C=O) groups is 3. The Kier molecular flexibility index (Phi) is 12.1. The van der Waals surface area contributed by atoms with Crippen molar-refractivity contribution in [2.45, 2.75) is 92.0 Å². The fraction of sp³-hybridized carbons (Fsp3) is 0.457. The molecule has 10 heteroatoms. The zero-order valence-corrected chi connectivity index (χ0v) is 27.6. The number of hydrogen-bond acceptors (Lipinski definition) is 8. The van der Waals surface area contributed by atoms with Crippen molar-refractivity contribution in [2.24, 2.45) is 5.92 Å². The maximum atomic E-state index is 13.7. The highest BCUT2D eigenvalue weighted by molar-refractivity contribution is 6.15. The fourth-order valence-electron chi connectivity index (χ4n) is 4.49. The molecule has 0 spiro atoms. The molecule has 0 fully saturated rings. The lowest BCUT2D eigenvalue weighted by atomic mass is 9.97. The first-order valence-corrected chi connectivity index (χ1v) is 15.3. The summed E-state index contributed by atoms with van der Waals surface area (Å²) >= 11 is 0. The number of hydrogen-bond donors (Lipinski definition) is 0. The van der Waals surface area contributed by atoms with Gasteiger partial charge in [-0.2, -0.15) is 0 Å². The number of allylic oxidation sites excluding steroid dienone is 1. The highest BCUT2D eigenvalue weighted by Crippen LogP contribution is 2.26. The number of pyridine rings is 1. The Labute approximate surface area is 266 Å². The second-order valence-electron chi connectivity index (χ2n) is 12.9. The Morgan fingerprint density at radius 1 is 0.911 bits per heavy atom. The van der Waals surface area contributed by atoms with Gasteiger partial charge in [-0.05, 0) is 84.9 Å². The van der Waals surface area contributed by atoms with E-state index in [9.17, 15) is 14.4 Å². The maximum absolute atomic E-state index is 13.7. The third kappa shape index (κ3) is 11.2. The number of imidazole rings is 1. The van der Waals surface area contributed by atoms with E-state index in [2.05, 4.69) is 9.97 Å². The zero-order chi connectivity index (χ0) is 33.2. The van der Waals surface area contributed by atoms with Crippen LogP contribution in [0.4, 0.5) is 9.59 Å². The summed E-state index contributed by atoms with van der Waals surface area (Å²) in [4.78, 5) is 49.9. The van der Waals surface area contributed by atoms with E-state index in [0.29, 0.717) is 24.4 Å². The molecular formula is C35H46N4O6. The lowest BCUT2D eigenvalue weighted by Gasteiger charge is -2.30. The van der Waals surface area contributed by atoms with Crippen molar-refractivity contribution in [3.05, 3.63) is 84.6 Å². The summed E-state index contributed by atoms with van der Waals surface area (Å²) in [7, 11) is 0. The molecule has 2 atom stereocenters. The molecule has 0 bridgehead atoms. The van der Waals surface area contributed by atoms with Crippen molar-refractivity contribution < 1.29 is 28.6 Å². The van der Waals surface area contributed by atoms with E-state index in [-0.39, 0.29) is 18.0 Å². The molecule has 0 saturated carbocycles. The quantitative estimate of drug-likeness (QED) is 0.121. The molecule has 0 radical (unpaired) electrons. The van der Waals surface area contributed by atoms with Crippen LogP contribution < -0.4 is 0 Å². The normalized spacial score (nSPS) is 13.5. The van der Waals surface area contributed by atoms with Gasteiger partial charge in [0, 0.05) is 18.9 Å². The highest BCUT2D eigenvalue weighted by Gasteiger charge is 2.33. The monoisotopic (exact) mass is 618 g/mol. The summed E-state index contributed by atoms with van der Waals surface area (Å²) in [6.07, 6.45) is 6.52. The van der Waals surface area contributed by atoms with E-state index < -0.39 is 35.5 Å². The van der Waals surface area contributed by atoms with Crippen molar-refractivity contribution >= 4 is 23.7 Å². The molecule has 0 aliphatic rings. The Bertz CT molecular complexity index is 1410. The number of amides is 2. The van der Waals surface area contributed by atoms with Crippen LogP contribution in [0.1, 0.15) is 92.0 Å². The molecule has 2 amide bonds. The van der Waals surface area contributed by atoms with Gasteiger partial charge < -0.3 is 14.2 Å². The van der Waals surface area contributed by atoms with Gasteiger partial charge in [-0.1, -0.05) is 55.8 Å². The maximum Gasteiger partial charge on any atom is 0.419 e. The molecule has 10 nitrogen and oxygen atoms in total. The lowest BCUT2D eigenvalue weighted by Crippen LogP contribution is -2.45. The summed E-state index contributed by atoms with van der Waals surface area (Å²) in [6, 6.07) is 15.0. The van der Waals surface area contributed by atoms with E-state index >= 15 is 0 Å². The molecule has 2 aromatic heterocycles. The number of benzene rings is 1. The molecule has 0 N–H and O–H groups in total. The largest absolute Gasteiger partial charge is 0.454 e. The topological polar surface area (TPSA) is 113 Å². The molecule has 0 unspecified atom stereocenters. The number of imide groups is 1. The molecular weight excluding hydrogens is 572 g/mol. The second-order valence-corrected chi connectivity index (χ2v) is 12.9. The summed E-state index contributed by atoms with van der Waals surface area (Å²) in [5.41, 5.74) is -0.0718. The molecule has 3 aromatic rings. The molecule has 1 aromatic carbocycles. The predicted molar refractivity (Wildman–Crippen MR) is 172 cm³/mol. The van der Waals surface area contributed by atoms with Crippen LogP contribution in [-0.4, -0.2) is 55.3 Å². The summed E-state index contributed by atoms with van der Waals surface area (Å²) in [5.74, 6) is -0.0953. The third-order valence-corrected chi connectivity index (χ3v) is 6.57. The molecule has 0 aliphatic heterocycles. The molecule has 3 rings (SSSR count). The predicted octanol–water partition coefficient (Wildman–Crippen LogP) is 7.93. The van der Waals surface area contributed by atoms with Crippen molar-refractivity contribution in [3.63, 3.8) is 0 Å². The average molecular weight is 619 g/mol. The van der Waals surface area contributed by atoms with Crippen LogP contribution in [0.3, 0.4) is 0 Å². The number of aromatic nitrogens is 3. The van der Waals surface area contributed by atoms with Gasteiger partial charge in [0.1, 0.15) is 29.5 Å². The Hall–Kier alpha value is -4.47. The van der Waals surface area contributed by atoms with E-state index in [1.165, 1.54) is 0 Å². The summed E-state index contributed by atoms with van der Waals surface area (Å²) < 4.78 is 18.7. The summed E-state index contributed by atoms with van der Waals surface area (Å²) in [5, 5.41) is 0. The lowest BCUT2D eigenvalue weighted by molar-refractivity contribution is -0.141. The third-order valence-electron chi connectivity index (χ3n) is 6.57. The number of rotatable bonds is 11. The molecule has 45 heavy (non-hydrogen) atoms. The van der Waals surface area contributed by atoms with E-state index in [1.807, 2.05) is 62.4 Å². The van der Waals surface area contributed by atoms with Crippen LogP contribution in [0.2, 0.25) is 0 Å². The van der Waals surface area contributed by atoms with Crippen LogP contribution in [-0.2, 0) is 19.0 Å². The fourth-order valence-corrected chi connectivity index (χ4v) is 4.49. The Morgan fingerprint density at radius 2 is 1.53 bits per heavy atom. The van der Waals surface area contributed by atoms with Crippen LogP contribution in [0.5, 0.6) is 0 Å². The molecule has 0 saturated heterocycles. The Balaban J connectivity index is 1.94. The SMILES string of the molecule is CCC[C@H](C/C=C(\C(=O)O[C@H](C)c1ccccc1)c1cn(-c2ccccn2)cn1)CN(C(=O)OC(C)(C)C)C(=O)OC(C)(C)C. The van der Waals surface area contributed by atoms with Gasteiger partial charge in [0.25, 0.3) is 0 Å². The van der Waals surface area contributed by atoms with Crippen molar-refractivity contribution in [1.29, 1.82) is 0 Å². The van der Waals surface area contributed by atoms with Gasteiger partial charge in [-0.25, -0.2) is 29.3 Å². The van der Waals surface area contributed by atoms with Crippen molar-refractivity contribution in [3.8, 4) is 5.82 Å². The van der Waals surface area contributed by atoms with Crippen LogP contribution in [0.15, 0.2) is 73.3 Å². The molecule has 242 valence electrons. The minimum Gasteiger partial charge on any atom is -0.454 e. The number of nitrogens with zero attached hydrogens (tertiary/aromatic N) is 4. The minimum absolute atomic E-state index is 0.0410. The first-order valence-electron chi connectivity index (χ1n) is 15.3. The van der Waals surface area contributed by atoms with E-state index in [4.69, 9.17) is 14.2 Å². The Morgan fingerprint density at radius 3 is 2.09 bits per heavy atom. The second kappa shape index (κ2) is 15.5. The van der Waals surface area contributed by atoms with Crippen molar-refractivity contribution in [2.75, 3.05) is 6.54 Å². The van der Waals surface area contributed by atoms with E-state index in [0.717, 1.165) is 16.9 Å². The van der Waals surface area contributed by atoms with Gasteiger partial charge in [0.2, 0.25) is 0 Å². The van der Waals surface area contributed by atoms with Gasteiger partial charge in [0.15, 0.2) is 0 Å². The number of esters is 1. The van der Waals surface area contributed by atoms with Crippen LogP contribution >= 0.6 is 0 Å². The smallest absolute Gasteiger partial charge is 0.419 e. The number of ether oxygens (including phenoxy) is 3. The minimum atomic E-state index is -0.809. The standard InChI is InChI=1S/C35H46N4O6/c1-9-15-26(22-39(32(41)44-34(3,4)5)33(42)45-35(6,7)8)19-20-28(31(40)43-25(2)27-16-11-10-12-17-27)29-23-38(24-37-29)30-18-13-14-21-36-30/h10-14,16-18,20-21,23-26H,9,15,19,22H2,1-8H3/b28-20-/t25-,26-/m1/s1. The first-order chi connectivity index (χ1) is 21.2. The highest BCUT2D eigenvalue weighted by atomic mass is 16.6. The van der Waals surface area contributed by atoms with Crippen LogP contribution in [0.25, 0.3) is 11.4 Å². The average Bonchev–Trinajstić information content (AvgIpc) is 3.45. The van der Waals surface area contributed by atoms with Gasteiger partial charge in [0.05, 0.1) is 11.3 Å². The van der Waals surface area contributed by atoms with Crippen LogP contribution in [0, 0.1) is 5.92 Å². The molecule has 2 heterocycles. The van der Waals surface area contributed by atoms with Gasteiger partial charge in [-0.15, -0.1) is 0 Å². The van der Waals surface area contributed by atoms with Crippen molar-refractivity contribution in [1.82, 2.24) is 19.4 Å². The number of carbonyl (C=O) groups excluding carboxylic acids is 3. The zero-order valence-electron chi connectivity index (χ0n) is 27.6.